The maximum Gasteiger partial charge on any atom is 0.256 e. The summed E-state index contributed by atoms with van der Waals surface area (Å²) in [4.78, 5) is 13.9. The lowest BCUT2D eigenvalue weighted by molar-refractivity contribution is 0.0994. The molecule has 1 aliphatic heterocycles. The molecule has 1 aromatic carbocycles. The molecule has 1 aliphatic rings. The monoisotopic (exact) mass is 404 g/mol. The molecule has 1 amide bonds. The van der Waals surface area contributed by atoms with E-state index in [-0.39, 0.29) is 11.3 Å². The van der Waals surface area contributed by atoms with Gasteiger partial charge in [0.2, 0.25) is 0 Å². The van der Waals surface area contributed by atoms with Crippen molar-refractivity contribution in [3.8, 4) is 11.5 Å². The first-order valence-corrected chi connectivity index (χ1v) is 8.19. The number of carbonyl (C=O) groups excluding carboxylic acids is 1. The third kappa shape index (κ3) is 3.26. The number of phenols is 1. The van der Waals surface area contributed by atoms with Crippen LogP contribution in [-0.2, 0) is 6.42 Å². The fraction of sp³-hybridized carbons (Fsp3) is 0.533. The Morgan fingerprint density at radius 3 is 2.90 bits per heavy atom. The van der Waals surface area contributed by atoms with Gasteiger partial charge in [-0.3, -0.25) is 4.79 Å². The third-order valence-electron chi connectivity index (χ3n) is 4.11. The van der Waals surface area contributed by atoms with Gasteiger partial charge >= 0.3 is 0 Å². The van der Waals surface area contributed by atoms with Crippen LogP contribution in [0.2, 0.25) is 0 Å². The number of halogens is 1. The second-order valence-electron chi connectivity index (χ2n) is 5.27. The van der Waals surface area contributed by atoms with Gasteiger partial charge in [-0.1, -0.05) is 6.92 Å². The number of likely N-dealkylation sites (tertiary alicyclic amines) is 1. The molecule has 1 heterocycles. The van der Waals surface area contributed by atoms with Crippen molar-refractivity contribution < 1.29 is 14.6 Å². The number of hydrogen-bond donors (Lipinski definition) is 2. The number of benzene rings is 1. The largest absolute Gasteiger partial charge is 0.506 e. The fourth-order valence-electron chi connectivity index (χ4n) is 3.02. The van der Waals surface area contributed by atoms with Crippen LogP contribution in [0.4, 0.5) is 0 Å². The number of nitrogens with zero attached hydrogens (tertiary/aromatic N) is 1. The number of methoxy groups -OCH3 is 1. The highest BCUT2D eigenvalue weighted by Gasteiger charge is 2.26. The van der Waals surface area contributed by atoms with Gasteiger partial charge in [-0.25, -0.2) is 0 Å². The number of primary amides is 1. The maximum atomic E-state index is 11.5. The number of rotatable bonds is 5. The van der Waals surface area contributed by atoms with Crippen LogP contribution in [0.15, 0.2) is 6.07 Å². The summed E-state index contributed by atoms with van der Waals surface area (Å²) in [5, 5.41) is 10.3. The molecule has 0 radical (unpaired) electrons. The molecule has 1 aromatic rings. The predicted molar refractivity (Wildman–Crippen MR) is 89.9 cm³/mol. The van der Waals surface area contributed by atoms with Gasteiger partial charge in [0, 0.05) is 6.04 Å². The highest BCUT2D eigenvalue weighted by atomic mass is 127. The van der Waals surface area contributed by atoms with Gasteiger partial charge in [-0.15, -0.1) is 0 Å². The van der Waals surface area contributed by atoms with E-state index in [1.54, 1.807) is 0 Å². The Labute approximate surface area is 138 Å². The molecule has 0 unspecified atom stereocenters. The van der Waals surface area contributed by atoms with Crippen molar-refractivity contribution in [3.05, 3.63) is 20.8 Å². The summed E-state index contributed by atoms with van der Waals surface area (Å²) in [5.74, 6) is -0.403. The van der Waals surface area contributed by atoms with E-state index in [2.05, 4.69) is 34.4 Å². The van der Waals surface area contributed by atoms with Crippen LogP contribution < -0.4 is 10.5 Å². The van der Waals surface area contributed by atoms with E-state index < -0.39 is 5.91 Å². The summed E-state index contributed by atoms with van der Waals surface area (Å²) in [6.07, 6.45) is 3.21. The summed E-state index contributed by atoms with van der Waals surface area (Å²) in [6, 6.07) is 2.31. The Morgan fingerprint density at radius 1 is 1.62 bits per heavy atom. The third-order valence-corrected chi connectivity index (χ3v) is 5.31. The highest BCUT2D eigenvalue weighted by molar-refractivity contribution is 14.1. The van der Waals surface area contributed by atoms with E-state index in [4.69, 9.17) is 10.5 Å². The van der Waals surface area contributed by atoms with E-state index >= 15 is 0 Å². The van der Waals surface area contributed by atoms with E-state index in [9.17, 15) is 9.90 Å². The van der Waals surface area contributed by atoms with Gasteiger partial charge in [0.05, 0.1) is 10.7 Å². The first-order chi connectivity index (χ1) is 9.99. The molecule has 3 N–H and O–H groups in total. The van der Waals surface area contributed by atoms with E-state index in [0.717, 1.165) is 31.5 Å². The van der Waals surface area contributed by atoms with Crippen molar-refractivity contribution in [2.75, 3.05) is 20.2 Å². The molecule has 6 heteroatoms. The van der Waals surface area contributed by atoms with Crippen molar-refractivity contribution in [3.63, 3.8) is 0 Å². The standard InChI is InChI=1S/C15H21IN2O3/c1-3-18-6-4-5-10(18)7-9-8-11(21-2)12(15(17)20)14(19)13(9)16/h8,10,19H,3-7H2,1-2H3,(H2,17,20)/t10-/m0/s1. The molecule has 0 bridgehead atoms. The molecule has 1 saturated heterocycles. The van der Waals surface area contributed by atoms with Gasteiger partial charge in [0.1, 0.15) is 17.1 Å². The Morgan fingerprint density at radius 2 is 2.33 bits per heavy atom. The molecule has 5 nitrogen and oxygen atoms in total. The molecule has 0 spiro atoms. The number of carbonyl (C=O) groups is 1. The number of likely N-dealkylation sites (N-methyl/N-ethyl adjacent to an activating group) is 1. The van der Waals surface area contributed by atoms with Gasteiger partial charge in [-0.2, -0.15) is 0 Å². The van der Waals surface area contributed by atoms with Crippen LogP contribution in [0.3, 0.4) is 0 Å². The Hall–Kier alpha value is -1.02. The Bertz CT molecular complexity index is 548. The van der Waals surface area contributed by atoms with Crippen LogP contribution in [0, 0.1) is 3.57 Å². The quantitative estimate of drug-likeness (QED) is 0.738. The molecule has 0 aromatic heterocycles. The van der Waals surface area contributed by atoms with Gasteiger partial charge in [0.25, 0.3) is 5.91 Å². The molecule has 1 atom stereocenters. The summed E-state index contributed by atoms with van der Waals surface area (Å²) in [7, 11) is 1.48. The summed E-state index contributed by atoms with van der Waals surface area (Å²) >= 11 is 2.07. The van der Waals surface area contributed by atoms with E-state index in [0.29, 0.717) is 15.4 Å². The van der Waals surface area contributed by atoms with Gasteiger partial charge in [-0.05, 0) is 66.6 Å². The van der Waals surface area contributed by atoms with Crippen LogP contribution in [-0.4, -0.2) is 42.2 Å². The van der Waals surface area contributed by atoms with Crippen LogP contribution in [0.1, 0.15) is 35.7 Å². The van der Waals surface area contributed by atoms with Gasteiger partial charge in [0.15, 0.2) is 0 Å². The van der Waals surface area contributed by atoms with Crippen molar-refractivity contribution >= 4 is 28.5 Å². The zero-order valence-corrected chi connectivity index (χ0v) is 14.5. The normalized spacial score (nSPS) is 18.9. The minimum absolute atomic E-state index is 0.0596. The molecule has 116 valence electrons. The number of hydrogen-bond acceptors (Lipinski definition) is 4. The lowest BCUT2D eigenvalue weighted by Crippen LogP contribution is -2.31. The lowest BCUT2D eigenvalue weighted by Gasteiger charge is -2.24. The summed E-state index contributed by atoms with van der Waals surface area (Å²) < 4.78 is 5.91. The Kier molecular flexibility index (Phi) is 5.32. The number of nitrogens with two attached hydrogens (primary N) is 1. The SMILES string of the molecule is CCN1CCC[C@H]1Cc1cc(OC)c(C(N)=O)c(O)c1I. The number of aromatic hydroxyl groups is 1. The second kappa shape index (κ2) is 6.83. The minimum Gasteiger partial charge on any atom is -0.506 e. The fourth-order valence-corrected chi connectivity index (χ4v) is 3.66. The highest BCUT2D eigenvalue weighted by Crippen LogP contribution is 2.36. The zero-order valence-electron chi connectivity index (χ0n) is 12.4. The second-order valence-corrected chi connectivity index (χ2v) is 6.35. The van der Waals surface area contributed by atoms with Gasteiger partial charge < -0.3 is 20.5 Å². The minimum atomic E-state index is -0.676. The topological polar surface area (TPSA) is 75.8 Å². The van der Waals surface area contributed by atoms with E-state index in [1.807, 2.05) is 6.07 Å². The maximum absolute atomic E-state index is 11.5. The van der Waals surface area contributed by atoms with Crippen LogP contribution in [0.5, 0.6) is 11.5 Å². The predicted octanol–water partition coefficient (Wildman–Crippen LogP) is 2.13. The first kappa shape index (κ1) is 16.4. The van der Waals surface area contributed by atoms with Crippen LogP contribution >= 0.6 is 22.6 Å². The van der Waals surface area contributed by atoms with Crippen molar-refractivity contribution in [1.29, 1.82) is 0 Å². The number of ether oxygens (including phenoxy) is 1. The smallest absolute Gasteiger partial charge is 0.256 e. The average Bonchev–Trinajstić information content (AvgIpc) is 2.90. The van der Waals surface area contributed by atoms with Crippen LogP contribution in [0.25, 0.3) is 0 Å². The number of amides is 1. The zero-order chi connectivity index (χ0) is 15.6. The molecular formula is C15H21IN2O3. The first-order valence-electron chi connectivity index (χ1n) is 7.11. The molecule has 0 aliphatic carbocycles. The van der Waals surface area contributed by atoms with Crippen molar-refractivity contribution in [2.24, 2.45) is 5.73 Å². The van der Waals surface area contributed by atoms with Crippen molar-refractivity contribution in [2.45, 2.75) is 32.2 Å². The molecular weight excluding hydrogens is 383 g/mol. The average molecular weight is 404 g/mol. The molecule has 1 fully saturated rings. The van der Waals surface area contributed by atoms with E-state index in [1.165, 1.54) is 13.5 Å². The molecule has 2 rings (SSSR count). The molecule has 0 saturated carbocycles. The Balaban J connectivity index is 2.36. The van der Waals surface area contributed by atoms with Crippen molar-refractivity contribution in [1.82, 2.24) is 4.90 Å². The summed E-state index contributed by atoms with van der Waals surface area (Å²) in [5.41, 5.74) is 6.39. The lowest BCUT2D eigenvalue weighted by atomic mass is 10.0. The molecule has 21 heavy (non-hydrogen) atoms. The summed E-state index contributed by atoms with van der Waals surface area (Å²) in [6.45, 7) is 4.32.